The van der Waals surface area contributed by atoms with Crippen molar-refractivity contribution in [3.63, 3.8) is 0 Å². The van der Waals surface area contributed by atoms with Gasteiger partial charge in [0.2, 0.25) is 5.91 Å². The molecule has 1 fully saturated rings. The second kappa shape index (κ2) is 11.7. The van der Waals surface area contributed by atoms with Crippen LogP contribution in [0.2, 0.25) is 0 Å². The molecule has 0 radical (unpaired) electrons. The van der Waals surface area contributed by atoms with E-state index in [9.17, 15) is 14.4 Å². The number of aromatic nitrogens is 1. The summed E-state index contributed by atoms with van der Waals surface area (Å²) < 4.78 is 17.3. The fourth-order valence-electron chi connectivity index (χ4n) is 4.59. The Hall–Kier alpha value is -4.12. The molecule has 0 unspecified atom stereocenters. The van der Waals surface area contributed by atoms with Gasteiger partial charge in [0.1, 0.15) is 11.9 Å². The Morgan fingerprint density at radius 1 is 1.18 bits per heavy atom. The first-order valence-electron chi connectivity index (χ1n) is 12.7. The molecule has 4 bridgehead atoms. The van der Waals surface area contributed by atoms with Crippen molar-refractivity contribution in [2.75, 3.05) is 26.8 Å². The molecule has 6 rings (SSSR count). The quantitative estimate of drug-likeness (QED) is 0.512. The number of nitrogens with one attached hydrogen (secondary N) is 2. The molecule has 39 heavy (non-hydrogen) atoms. The number of aryl methyl sites for hydroxylation is 2. The summed E-state index contributed by atoms with van der Waals surface area (Å²) >= 11 is 1.57. The number of rotatable bonds is 4. The molecular weight excluding hydrogens is 520 g/mol. The molecule has 2 atom stereocenters. The van der Waals surface area contributed by atoms with E-state index in [-0.39, 0.29) is 30.1 Å². The fourth-order valence-corrected chi connectivity index (χ4v) is 5.24. The van der Waals surface area contributed by atoms with Gasteiger partial charge in [-0.15, -0.1) is 11.3 Å². The molecule has 3 amide bonds. The lowest BCUT2D eigenvalue weighted by Gasteiger charge is -2.21. The maximum absolute atomic E-state index is 13.3. The number of likely N-dealkylation sites (tertiary alicyclic amines) is 1. The lowest BCUT2D eigenvalue weighted by molar-refractivity contribution is -0.130. The molecule has 1 aromatic heterocycles. The smallest absolute Gasteiger partial charge is 0.258 e. The highest BCUT2D eigenvalue weighted by molar-refractivity contribution is 7.09. The minimum Gasteiger partial charge on any atom is -0.493 e. The number of nitrogens with zero attached hydrogens (tertiary/aromatic N) is 2. The standard InChI is InChI=1S/C28H30N4O6S/c1-17-30-20(16-39-17)6-10-27(34)32-13-22-25(14-32)38-21-7-3-18(4-8-21)12-29-26(33)15-37-24-11-19(28(35)31-22)5-9-23(24)36-2/h3-5,7-9,11,16,22,25H,6,10,12-15H2,1-2H3,(H,29,33)(H,31,35)/t22-,25-/m0/s1. The number of fused-ring (bicyclic) bond motifs is 7. The predicted octanol–water partition coefficient (Wildman–Crippen LogP) is 2.49. The van der Waals surface area contributed by atoms with Gasteiger partial charge < -0.3 is 29.7 Å². The van der Waals surface area contributed by atoms with Crippen molar-refractivity contribution in [1.82, 2.24) is 20.5 Å². The van der Waals surface area contributed by atoms with Crippen LogP contribution in [0.15, 0.2) is 47.8 Å². The number of benzene rings is 2. The van der Waals surface area contributed by atoms with E-state index < -0.39 is 12.1 Å². The average Bonchev–Trinajstić information content (AvgIpc) is 3.54. The first-order chi connectivity index (χ1) is 18.9. The van der Waals surface area contributed by atoms with Gasteiger partial charge in [-0.2, -0.15) is 0 Å². The van der Waals surface area contributed by atoms with Gasteiger partial charge in [0.25, 0.3) is 11.8 Å². The first kappa shape index (κ1) is 26.5. The van der Waals surface area contributed by atoms with E-state index in [0.717, 1.165) is 16.3 Å². The summed E-state index contributed by atoms with van der Waals surface area (Å²) in [4.78, 5) is 44.9. The highest BCUT2D eigenvalue weighted by Gasteiger charge is 2.38. The molecule has 3 aliphatic rings. The predicted molar refractivity (Wildman–Crippen MR) is 144 cm³/mol. The summed E-state index contributed by atoms with van der Waals surface area (Å²) in [6, 6.07) is 11.7. The molecule has 0 aliphatic carbocycles. The second-order valence-electron chi connectivity index (χ2n) is 9.47. The zero-order valence-corrected chi connectivity index (χ0v) is 22.6. The Bertz CT molecular complexity index is 1360. The van der Waals surface area contributed by atoms with Crippen LogP contribution in [0, 0.1) is 6.92 Å². The third kappa shape index (κ3) is 6.48. The summed E-state index contributed by atoms with van der Waals surface area (Å²) in [5, 5.41) is 8.80. The van der Waals surface area contributed by atoms with Gasteiger partial charge >= 0.3 is 0 Å². The summed E-state index contributed by atoms with van der Waals surface area (Å²) in [7, 11) is 1.49. The maximum atomic E-state index is 13.3. The number of carbonyl (C=O) groups excluding carboxylic acids is 3. The summed E-state index contributed by atoms with van der Waals surface area (Å²) in [5.74, 6) is 0.627. The van der Waals surface area contributed by atoms with E-state index in [2.05, 4.69) is 15.6 Å². The molecule has 10 nitrogen and oxygen atoms in total. The Balaban J connectivity index is 1.37. The molecule has 4 heterocycles. The third-order valence-corrected chi connectivity index (χ3v) is 7.50. The average molecular weight is 551 g/mol. The summed E-state index contributed by atoms with van der Waals surface area (Å²) in [6.07, 6.45) is 0.444. The SMILES string of the molecule is COc1ccc2cc1OCC(=O)NCc1ccc(cc1)O[C@H]1CN(C(=O)CCc3csc(C)n3)C[C@@H]1NC2=O. The molecule has 11 heteroatoms. The zero-order valence-electron chi connectivity index (χ0n) is 21.8. The Morgan fingerprint density at radius 3 is 2.74 bits per heavy atom. The molecule has 3 aromatic rings. The van der Waals surface area contributed by atoms with Crippen LogP contribution in [0.4, 0.5) is 0 Å². The molecule has 3 aliphatic heterocycles. The van der Waals surface area contributed by atoms with E-state index in [1.807, 2.05) is 36.6 Å². The largest absolute Gasteiger partial charge is 0.493 e. The summed E-state index contributed by atoms with van der Waals surface area (Å²) in [6.45, 7) is 2.70. The molecule has 1 saturated heterocycles. The highest BCUT2D eigenvalue weighted by Crippen LogP contribution is 2.29. The topological polar surface area (TPSA) is 119 Å². The summed E-state index contributed by atoms with van der Waals surface area (Å²) in [5.41, 5.74) is 2.14. The Morgan fingerprint density at radius 2 is 2.00 bits per heavy atom. The first-order valence-corrected chi connectivity index (χ1v) is 13.6. The molecule has 0 saturated carbocycles. The van der Waals surface area contributed by atoms with Gasteiger partial charge in [-0.3, -0.25) is 14.4 Å². The van der Waals surface area contributed by atoms with Crippen molar-refractivity contribution in [1.29, 1.82) is 0 Å². The lowest BCUT2D eigenvalue weighted by atomic mass is 10.1. The van der Waals surface area contributed by atoms with Crippen molar-refractivity contribution < 1.29 is 28.6 Å². The van der Waals surface area contributed by atoms with Crippen LogP contribution in [0.1, 0.15) is 33.0 Å². The lowest BCUT2D eigenvalue weighted by Crippen LogP contribution is -2.45. The van der Waals surface area contributed by atoms with Crippen molar-refractivity contribution in [3.8, 4) is 17.2 Å². The number of hydrogen-bond donors (Lipinski definition) is 2. The van der Waals surface area contributed by atoms with Gasteiger partial charge in [0.15, 0.2) is 18.1 Å². The van der Waals surface area contributed by atoms with Crippen molar-refractivity contribution >= 4 is 29.1 Å². The third-order valence-electron chi connectivity index (χ3n) is 6.68. The van der Waals surface area contributed by atoms with Gasteiger partial charge in [0.05, 0.1) is 30.4 Å². The number of ether oxygens (including phenoxy) is 3. The molecule has 204 valence electrons. The number of thiazole rings is 1. The van der Waals surface area contributed by atoms with E-state index in [4.69, 9.17) is 14.2 Å². The van der Waals surface area contributed by atoms with Crippen LogP contribution in [0.5, 0.6) is 17.2 Å². The van der Waals surface area contributed by atoms with Gasteiger partial charge in [-0.25, -0.2) is 4.98 Å². The number of hydrogen-bond acceptors (Lipinski definition) is 8. The maximum Gasteiger partial charge on any atom is 0.258 e. The van der Waals surface area contributed by atoms with E-state index in [1.54, 1.807) is 34.4 Å². The van der Waals surface area contributed by atoms with E-state index in [0.29, 0.717) is 49.5 Å². The Kier molecular flexibility index (Phi) is 7.97. The minimum absolute atomic E-state index is 0.0145. The van der Waals surface area contributed by atoms with Gasteiger partial charge in [0, 0.05) is 30.5 Å². The molecule has 0 spiro atoms. The van der Waals surface area contributed by atoms with Crippen molar-refractivity contribution in [2.24, 2.45) is 0 Å². The fraction of sp³-hybridized carbons (Fsp3) is 0.357. The van der Waals surface area contributed by atoms with Crippen LogP contribution in [0.25, 0.3) is 0 Å². The van der Waals surface area contributed by atoms with Crippen LogP contribution >= 0.6 is 11.3 Å². The van der Waals surface area contributed by atoms with Crippen LogP contribution in [0.3, 0.4) is 0 Å². The van der Waals surface area contributed by atoms with Crippen LogP contribution in [-0.2, 0) is 22.6 Å². The Labute approximate surface area is 230 Å². The number of carbonyl (C=O) groups is 3. The van der Waals surface area contributed by atoms with Crippen molar-refractivity contribution in [2.45, 2.75) is 38.5 Å². The van der Waals surface area contributed by atoms with Crippen LogP contribution in [-0.4, -0.2) is 66.6 Å². The number of methoxy groups -OCH3 is 1. The molecule has 2 aromatic carbocycles. The minimum atomic E-state index is -0.449. The zero-order chi connectivity index (χ0) is 27.4. The van der Waals surface area contributed by atoms with Gasteiger partial charge in [-0.05, 0) is 49.2 Å². The molecular formula is C28H30N4O6S. The monoisotopic (exact) mass is 550 g/mol. The number of amides is 3. The van der Waals surface area contributed by atoms with E-state index in [1.165, 1.54) is 7.11 Å². The van der Waals surface area contributed by atoms with E-state index >= 15 is 0 Å². The van der Waals surface area contributed by atoms with Gasteiger partial charge in [-0.1, -0.05) is 12.1 Å². The normalized spacial score (nSPS) is 19.3. The second-order valence-corrected chi connectivity index (χ2v) is 10.5. The van der Waals surface area contributed by atoms with Crippen LogP contribution < -0.4 is 24.8 Å². The van der Waals surface area contributed by atoms with Crippen molar-refractivity contribution in [3.05, 3.63) is 69.7 Å². The highest BCUT2D eigenvalue weighted by atomic mass is 32.1. The molecule has 2 N–H and O–H groups in total.